The number of unbranched alkanes of at least 4 members (excludes halogenated alkanes) is 4. The topological polar surface area (TPSA) is 48.3 Å². The standard InChI is InChI=1S/C21H27F2NO3/c1-5-7-8-9-10-11-16-13(3)24(27-14(4)25)18-12-17(22)15(6-2)20(23)19(18)21(16)26/h12H,5-11H2,1-4H3. The Morgan fingerprint density at radius 3 is 2.37 bits per heavy atom. The molecule has 0 saturated carbocycles. The van der Waals surface area contributed by atoms with Gasteiger partial charge in [-0.3, -0.25) is 4.79 Å². The predicted octanol–water partition coefficient (Wildman–Crippen LogP) is 4.64. The Morgan fingerprint density at radius 1 is 1.11 bits per heavy atom. The first kappa shape index (κ1) is 21.1. The highest BCUT2D eigenvalue weighted by Crippen LogP contribution is 2.25. The average molecular weight is 379 g/mol. The van der Waals surface area contributed by atoms with Gasteiger partial charge in [0, 0.05) is 24.1 Å². The molecule has 1 aromatic carbocycles. The molecular weight excluding hydrogens is 352 g/mol. The van der Waals surface area contributed by atoms with Crippen LogP contribution in [-0.2, 0) is 17.6 Å². The molecule has 27 heavy (non-hydrogen) atoms. The van der Waals surface area contributed by atoms with E-state index in [9.17, 15) is 18.4 Å². The maximum Gasteiger partial charge on any atom is 0.329 e. The van der Waals surface area contributed by atoms with Gasteiger partial charge in [0.2, 0.25) is 0 Å². The summed E-state index contributed by atoms with van der Waals surface area (Å²) in [5.41, 5.74) is 0.170. The summed E-state index contributed by atoms with van der Waals surface area (Å²) < 4.78 is 30.3. The summed E-state index contributed by atoms with van der Waals surface area (Å²) in [7, 11) is 0. The number of pyridine rings is 1. The summed E-state index contributed by atoms with van der Waals surface area (Å²) >= 11 is 0. The lowest BCUT2D eigenvalue weighted by atomic mass is 9.99. The summed E-state index contributed by atoms with van der Waals surface area (Å²) in [5.74, 6) is -2.25. The minimum atomic E-state index is -0.870. The van der Waals surface area contributed by atoms with Gasteiger partial charge in [-0.2, -0.15) is 4.73 Å². The number of halogens is 2. The number of carbonyl (C=O) groups is 1. The first-order valence-corrected chi connectivity index (χ1v) is 9.57. The fraction of sp³-hybridized carbons (Fsp3) is 0.524. The number of benzene rings is 1. The summed E-state index contributed by atoms with van der Waals surface area (Å²) in [6.45, 7) is 6.59. The first-order chi connectivity index (χ1) is 12.8. The molecule has 4 nitrogen and oxygen atoms in total. The molecule has 0 atom stereocenters. The quantitative estimate of drug-likeness (QED) is 0.628. The van der Waals surface area contributed by atoms with Crippen molar-refractivity contribution in [2.24, 2.45) is 0 Å². The van der Waals surface area contributed by atoms with Crippen molar-refractivity contribution in [1.82, 2.24) is 4.73 Å². The van der Waals surface area contributed by atoms with Gasteiger partial charge in [0.05, 0.1) is 16.6 Å². The fourth-order valence-corrected chi connectivity index (χ4v) is 3.41. The zero-order valence-corrected chi connectivity index (χ0v) is 16.5. The second-order valence-electron chi connectivity index (χ2n) is 6.83. The Kier molecular flexibility index (Phi) is 7.11. The molecule has 0 aliphatic heterocycles. The van der Waals surface area contributed by atoms with Gasteiger partial charge in [0.25, 0.3) is 0 Å². The molecule has 2 rings (SSSR count). The third-order valence-corrected chi connectivity index (χ3v) is 4.86. The van der Waals surface area contributed by atoms with E-state index in [1.807, 2.05) is 0 Å². The molecule has 6 heteroatoms. The molecule has 0 saturated heterocycles. The molecule has 148 valence electrons. The van der Waals surface area contributed by atoms with Crippen LogP contribution in [0.3, 0.4) is 0 Å². The normalized spacial score (nSPS) is 11.2. The maximum atomic E-state index is 14.9. The molecule has 0 bridgehead atoms. The Morgan fingerprint density at radius 2 is 1.78 bits per heavy atom. The third kappa shape index (κ3) is 4.37. The number of nitrogens with zero attached hydrogens (tertiary/aromatic N) is 1. The van der Waals surface area contributed by atoms with Crippen LogP contribution in [0.1, 0.15) is 69.7 Å². The van der Waals surface area contributed by atoms with Crippen LogP contribution in [0.15, 0.2) is 10.9 Å². The van der Waals surface area contributed by atoms with E-state index in [1.165, 1.54) is 6.92 Å². The van der Waals surface area contributed by atoms with Crippen molar-refractivity contribution >= 4 is 16.9 Å². The molecule has 0 spiro atoms. The van der Waals surface area contributed by atoms with Crippen molar-refractivity contribution in [2.45, 2.75) is 72.6 Å². The van der Waals surface area contributed by atoms with Crippen LogP contribution < -0.4 is 10.3 Å². The number of carbonyl (C=O) groups excluding carboxylic acids is 1. The van der Waals surface area contributed by atoms with E-state index in [-0.39, 0.29) is 22.9 Å². The maximum absolute atomic E-state index is 14.9. The lowest BCUT2D eigenvalue weighted by Crippen LogP contribution is -2.27. The van der Waals surface area contributed by atoms with Crippen molar-refractivity contribution in [1.29, 1.82) is 0 Å². The number of hydrogen-bond acceptors (Lipinski definition) is 3. The van der Waals surface area contributed by atoms with Gasteiger partial charge in [-0.1, -0.05) is 39.5 Å². The lowest BCUT2D eigenvalue weighted by Gasteiger charge is -2.18. The fourth-order valence-electron chi connectivity index (χ4n) is 3.41. The first-order valence-electron chi connectivity index (χ1n) is 9.57. The Hall–Kier alpha value is -2.24. The number of hydrogen-bond donors (Lipinski definition) is 0. The van der Waals surface area contributed by atoms with Gasteiger partial charge in [-0.05, 0) is 26.2 Å². The Balaban J connectivity index is 2.65. The molecule has 0 N–H and O–H groups in total. The van der Waals surface area contributed by atoms with Gasteiger partial charge in [0.1, 0.15) is 11.6 Å². The van der Waals surface area contributed by atoms with Gasteiger partial charge >= 0.3 is 5.97 Å². The van der Waals surface area contributed by atoms with Gasteiger partial charge in [0.15, 0.2) is 5.43 Å². The van der Waals surface area contributed by atoms with Crippen molar-refractivity contribution in [3.63, 3.8) is 0 Å². The van der Waals surface area contributed by atoms with Gasteiger partial charge in [-0.25, -0.2) is 13.6 Å². The highest BCUT2D eigenvalue weighted by molar-refractivity contribution is 5.82. The van der Waals surface area contributed by atoms with Crippen LogP contribution in [0, 0.1) is 18.6 Å². The average Bonchev–Trinajstić information content (AvgIpc) is 2.60. The van der Waals surface area contributed by atoms with Crippen molar-refractivity contribution in [3.05, 3.63) is 44.7 Å². The van der Waals surface area contributed by atoms with Crippen molar-refractivity contribution < 1.29 is 18.4 Å². The molecule has 0 aliphatic carbocycles. The van der Waals surface area contributed by atoms with Crippen LogP contribution in [0.2, 0.25) is 0 Å². The van der Waals surface area contributed by atoms with Crippen LogP contribution in [0.25, 0.3) is 10.9 Å². The lowest BCUT2D eigenvalue weighted by molar-refractivity contribution is -0.141. The highest BCUT2D eigenvalue weighted by Gasteiger charge is 2.22. The predicted molar refractivity (Wildman–Crippen MR) is 102 cm³/mol. The number of rotatable bonds is 8. The van der Waals surface area contributed by atoms with Crippen molar-refractivity contribution in [2.75, 3.05) is 0 Å². The van der Waals surface area contributed by atoms with E-state index in [4.69, 9.17) is 4.84 Å². The summed E-state index contributed by atoms with van der Waals surface area (Å²) in [5, 5.41) is -0.219. The summed E-state index contributed by atoms with van der Waals surface area (Å²) in [6.07, 6.45) is 5.65. The molecular formula is C21H27F2NO3. The number of fused-ring (bicyclic) bond motifs is 1. The molecule has 1 aromatic heterocycles. The third-order valence-electron chi connectivity index (χ3n) is 4.86. The van der Waals surface area contributed by atoms with Crippen LogP contribution in [0.5, 0.6) is 0 Å². The SMILES string of the molecule is CCCCCCCc1c(C)n(OC(C)=O)c2cc(F)c(CC)c(F)c2c1=O. The molecule has 0 radical (unpaired) electrons. The van der Waals surface area contributed by atoms with E-state index < -0.39 is 23.0 Å². The largest absolute Gasteiger partial charge is 0.337 e. The second-order valence-corrected chi connectivity index (χ2v) is 6.83. The Bertz CT molecular complexity index is 903. The minimum absolute atomic E-state index is 0.0605. The summed E-state index contributed by atoms with van der Waals surface area (Å²) in [4.78, 5) is 29.7. The molecule has 0 aliphatic rings. The van der Waals surface area contributed by atoms with Crippen LogP contribution >= 0.6 is 0 Å². The van der Waals surface area contributed by atoms with Gasteiger partial charge in [-0.15, -0.1) is 0 Å². The van der Waals surface area contributed by atoms with E-state index in [2.05, 4.69) is 6.92 Å². The van der Waals surface area contributed by atoms with E-state index in [0.29, 0.717) is 17.7 Å². The number of aromatic nitrogens is 1. The second kappa shape index (κ2) is 9.11. The molecule has 0 fully saturated rings. The van der Waals surface area contributed by atoms with Crippen LogP contribution in [-0.4, -0.2) is 10.7 Å². The Labute approximate surface area is 158 Å². The zero-order chi connectivity index (χ0) is 20.1. The molecule has 1 heterocycles. The molecule has 0 amide bonds. The van der Waals surface area contributed by atoms with E-state index in [1.54, 1.807) is 13.8 Å². The monoisotopic (exact) mass is 379 g/mol. The van der Waals surface area contributed by atoms with Crippen molar-refractivity contribution in [3.8, 4) is 0 Å². The zero-order valence-electron chi connectivity index (χ0n) is 16.5. The smallest absolute Gasteiger partial charge is 0.329 e. The van der Waals surface area contributed by atoms with E-state index in [0.717, 1.165) is 42.9 Å². The highest BCUT2D eigenvalue weighted by atomic mass is 19.1. The summed E-state index contributed by atoms with van der Waals surface area (Å²) in [6, 6.07) is 1.07. The van der Waals surface area contributed by atoms with Crippen LogP contribution in [0.4, 0.5) is 8.78 Å². The molecule has 2 aromatic rings. The molecule has 0 unspecified atom stereocenters. The minimum Gasteiger partial charge on any atom is -0.337 e. The van der Waals surface area contributed by atoms with Gasteiger partial charge < -0.3 is 4.84 Å². The van der Waals surface area contributed by atoms with E-state index >= 15 is 0 Å².